The second-order valence-electron chi connectivity index (χ2n) is 5.49. The third-order valence-corrected chi connectivity index (χ3v) is 3.93. The van der Waals surface area contributed by atoms with Crippen molar-refractivity contribution in [1.82, 2.24) is 4.98 Å². The molecule has 1 aliphatic carbocycles. The molecule has 0 aromatic carbocycles. The molecule has 0 saturated heterocycles. The monoisotopic (exact) mass is 280 g/mol. The van der Waals surface area contributed by atoms with Gasteiger partial charge in [-0.2, -0.15) is 0 Å². The van der Waals surface area contributed by atoms with Crippen LogP contribution in [0.25, 0.3) is 0 Å². The second-order valence-corrected chi connectivity index (χ2v) is 5.75. The van der Waals surface area contributed by atoms with Crippen molar-refractivity contribution in [2.24, 2.45) is 0 Å². The highest BCUT2D eigenvalue weighted by Gasteiger charge is 2.29. The van der Waals surface area contributed by atoms with Crippen LogP contribution in [0.2, 0.25) is 0 Å². The summed E-state index contributed by atoms with van der Waals surface area (Å²) in [6.07, 6.45) is 7.30. The Labute approximate surface area is 122 Å². The first-order valence-electron chi connectivity index (χ1n) is 7.61. The molecule has 0 aliphatic heterocycles. The molecule has 2 nitrogen and oxygen atoms in total. The third kappa shape index (κ3) is 4.10. The molecule has 1 fully saturated rings. The van der Waals surface area contributed by atoms with E-state index < -0.39 is 0 Å². The van der Waals surface area contributed by atoms with Crippen LogP contribution in [0.5, 0.6) is 0 Å². The lowest BCUT2D eigenvalue weighted by Gasteiger charge is -2.24. The van der Waals surface area contributed by atoms with Gasteiger partial charge in [0.1, 0.15) is 5.82 Å². The average Bonchev–Trinajstić information content (AvgIpc) is 3.24. The smallest absolute Gasteiger partial charge is 0.129 e. The van der Waals surface area contributed by atoms with E-state index in [1.165, 1.54) is 36.9 Å². The molecule has 0 atom stereocenters. The van der Waals surface area contributed by atoms with Gasteiger partial charge in [-0.3, -0.25) is 0 Å². The van der Waals surface area contributed by atoms with Crippen molar-refractivity contribution < 1.29 is 0 Å². The van der Waals surface area contributed by atoms with Gasteiger partial charge in [-0.25, -0.2) is 4.98 Å². The number of alkyl halides is 1. The van der Waals surface area contributed by atoms with Crippen molar-refractivity contribution in [2.75, 3.05) is 11.4 Å². The maximum absolute atomic E-state index is 6.03. The van der Waals surface area contributed by atoms with Crippen molar-refractivity contribution in [1.29, 1.82) is 0 Å². The van der Waals surface area contributed by atoms with Gasteiger partial charge in [0.25, 0.3) is 0 Å². The third-order valence-electron chi connectivity index (χ3n) is 3.62. The summed E-state index contributed by atoms with van der Waals surface area (Å²) in [6.45, 7) is 5.58. The number of halogens is 1. The first kappa shape index (κ1) is 14.6. The fourth-order valence-electron chi connectivity index (χ4n) is 2.44. The minimum Gasteiger partial charge on any atom is -0.354 e. The van der Waals surface area contributed by atoms with E-state index in [-0.39, 0.29) is 0 Å². The Balaban J connectivity index is 2.21. The molecule has 0 unspecified atom stereocenters. The number of hydrogen-bond donors (Lipinski definition) is 0. The number of rotatable bonds is 8. The lowest BCUT2D eigenvalue weighted by atomic mass is 10.1. The van der Waals surface area contributed by atoms with Crippen molar-refractivity contribution in [3.63, 3.8) is 0 Å². The zero-order chi connectivity index (χ0) is 13.7. The topological polar surface area (TPSA) is 16.1 Å². The SMILES string of the molecule is CCCCN(c1cc(CCl)cc(CCC)n1)C1CC1. The Kier molecular flexibility index (Phi) is 5.50. The Morgan fingerprint density at radius 2 is 2.05 bits per heavy atom. The number of pyridine rings is 1. The summed E-state index contributed by atoms with van der Waals surface area (Å²) in [4.78, 5) is 7.35. The molecule has 0 bridgehead atoms. The quantitative estimate of drug-likeness (QED) is 0.650. The van der Waals surface area contributed by atoms with E-state index in [1.54, 1.807) is 0 Å². The Bertz CT molecular complexity index is 402. The number of hydrogen-bond acceptors (Lipinski definition) is 2. The number of aryl methyl sites for hydroxylation is 1. The molecular formula is C16H25ClN2. The molecule has 1 aromatic rings. The predicted molar refractivity (Wildman–Crippen MR) is 83.1 cm³/mol. The first-order valence-corrected chi connectivity index (χ1v) is 8.14. The van der Waals surface area contributed by atoms with Crippen LogP contribution in [0.4, 0.5) is 5.82 Å². The maximum Gasteiger partial charge on any atom is 0.129 e. The van der Waals surface area contributed by atoms with Crippen molar-refractivity contribution in [3.05, 3.63) is 23.4 Å². The largest absolute Gasteiger partial charge is 0.354 e. The molecule has 2 rings (SSSR count). The number of anilines is 1. The summed E-state index contributed by atoms with van der Waals surface area (Å²) >= 11 is 6.03. The number of unbranched alkanes of at least 4 members (excludes halogenated alkanes) is 1. The molecule has 3 heteroatoms. The lowest BCUT2D eigenvalue weighted by molar-refractivity contribution is 0.701. The Morgan fingerprint density at radius 3 is 2.63 bits per heavy atom. The van der Waals surface area contributed by atoms with E-state index in [2.05, 4.69) is 30.9 Å². The van der Waals surface area contributed by atoms with Crippen LogP contribution >= 0.6 is 11.6 Å². The minimum absolute atomic E-state index is 0.582. The lowest BCUT2D eigenvalue weighted by Crippen LogP contribution is -2.28. The molecule has 1 aliphatic rings. The molecule has 0 N–H and O–H groups in total. The zero-order valence-corrected chi connectivity index (χ0v) is 12.9. The Hall–Kier alpha value is -0.760. The Morgan fingerprint density at radius 1 is 1.26 bits per heavy atom. The van der Waals surface area contributed by atoms with Crippen molar-refractivity contribution in [2.45, 2.75) is 64.3 Å². The van der Waals surface area contributed by atoms with Crippen LogP contribution in [0, 0.1) is 0 Å². The van der Waals surface area contributed by atoms with Gasteiger partial charge in [-0.1, -0.05) is 26.7 Å². The van der Waals surface area contributed by atoms with Crippen LogP contribution in [-0.2, 0) is 12.3 Å². The summed E-state index contributed by atoms with van der Waals surface area (Å²) in [5.74, 6) is 1.73. The van der Waals surface area contributed by atoms with E-state index in [1.807, 2.05) is 0 Å². The number of aromatic nitrogens is 1. The maximum atomic E-state index is 6.03. The van der Waals surface area contributed by atoms with Gasteiger partial charge in [-0.15, -0.1) is 11.6 Å². The van der Waals surface area contributed by atoms with E-state index in [0.29, 0.717) is 5.88 Å². The average molecular weight is 281 g/mol. The van der Waals surface area contributed by atoms with Gasteiger partial charge in [-0.05, 0) is 43.4 Å². The van der Waals surface area contributed by atoms with Crippen molar-refractivity contribution in [3.8, 4) is 0 Å². The molecule has 0 spiro atoms. The highest BCUT2D eigenvalue weighted by molar-refractivity contribution is 6.17. The van der Waals surface area contributed by atoms with E-state index in [9.17, 15) is 0 Å². The molecule has 0 radical (unpaired) electrons. The van der Waals surface area contributed by atoms with E-state index >= 15 is 0 Å². The fraction of sp³-hybridized carbons (Fsp3) is 0.688. The van der Waals surface area contributed by atoms with Gasteiger partial charge in [0.15, 0.2) is 0 Å². The van der Waals surface area contributed by atoms with Crippen LogP contribution in [0.15, 0.2) is 12.1 Å². The second kappa shape index (κ2) is 7.14. The van der Waals surface area contributed by atoms with E-state index in [0.717, 1.165) is 31.2 Å². The summed E-state index contributed by atoms with van der Waals surface area (Å²) in [7, 11) is 0. The van der Waals surface area contributed by atoms with Crippen LogP contribution < -0.4 is 4.90 Å². The molecular weight excluding hydrogens is 256 g/mol. The molecule has 1 heterocycles. The first-order chi connectivity index (χ1) is 9.28. The number of nitrogens with zero attached hydrogens (tertiary/aromatic N) is 2. The highest BCUT2D eigenvalue weighted by Crippen LogP contribution is 2.31. The fourth-order valence-corrected chi connectivity index (χ4v) is 2.59. The highest BCUT2D eigenvalue weighted by atomic mass is 35.5. The van der Waals surface area contributed by atoms with Crippen molar-refractivity contribution >= 4 is 17.4 Å². The van der Waals surface area contributed by atoms with E-state index in [4.69, 9.17) is 16.6 Å². The predicted octanol–water partition coefficient (Wildman–Crippen LogP) is 4.54. The summed E-state index contributed by atoms with van der Waals surface area (Å²) in [5.41, 5.74) is 2.40. The normalized spacial score (nSPS) is 14.7. The summed E-state index contributed by atoms with van der Waals surface area (Å²) < 4.78 is 0. The molecule has 1 aromatic heterocycles. The van der Waals surface area contributed by atoms with Gasteiger partial charge < -0.3 is 4.90 Å². The standard InChI is InChI=1S/C16H25ClN2/c1-3-5-9-19(15-7-8-15)16-11-13(12-17)10-14(18-16)6-4-2/h10-11,15H,3-9,12H2,1-2H3. The molecule has 0 amide bonds. The van der Waals surface area contributed by atoms with Gasteiger partial charge in [0.05, 0.1) is 0 Å². The molecule has 1 saturated carbocycles. The van der Waals surface area contributed by atoms with Crippen LogP contribution in [-0.4, -0.2) is 17.6 Å². The molecule has 19 heavy (non-hydrogen) atoms. The summed E-state index contributed by atoms with van der Waals surface area (Å²) in [5, 5.41) is 0. The molecule has 106 valence electrons. The zero-order valence-electron chi connectivity index (χ0n) is 12.2. The van der Waals surface area contributed by atoms with Crippen LogP contribution in [0.1, 0.15) is 57.2 Å². The van der Waals surface area contributed by atoms with Gasteiger partial charge in [0.2, 0.25) is 0 Å². The minimum atomic E-state index is 0.582. The van der Waals surface area contributed by atoms with Gasteiger partial charge in [0, 0.05) is 24.2 Å². The van der Waals surface area contributed by atoms with Crippen LogP contribution in [0.3, 0.4) is 0 Å². The van der Waals surface area contributed by atoms with Gasteiger partial charge >= 0.3 is 0 Å². The summed E-state index contributed by atoms with van der Waals surface area (Å²) in [6, 6.07) is 5.06.